The first-order valence-electron chi connectivity index (χ1n) is 2.05. The first kappa shape index (κ1) is 7.95. The molecule has 3 heteroatoms. The Bertz CT molecular complexity index is 145. The second kappa shape index (κ2) is 3.89. The predicted molar refractivity (Wildman–Crippen MR) is 29.8 cm³/mol. The van der Waals surface area contributed by atoms with E-state index in [4.69, 9.17) is 5.73 Å². The fraction of sp³-hybridized carbons (Fsp3) is 0. The summed E-state index contributed by atoms with van der Waals surface area (Å²) in [5, 5.41) is 0. The molecule has 0 saturated heterocycles. The van der Waals surface area contributed by atoms with E-state index in [0.29, 0.717) is 5.69 Å². The normalized spacial score (nSPS) is 7.50. The van der Waals surface area contributed by atoms with E-state index in [-0.39, 0.29) is 31.0 Å². The molecule has 1 aromatic heterocycles. The SMILES string of the molecule is Nc1cccnc1.[H-].[Na+]. The van der Waals surface area contributed by atoms with E-state index in [1.807, 2.05) is 0 Å². The molecule has 0 aromatic carbocycles. The van der Waals surface area contributed by atoms with Gasteiger partial charge in [-0.1, -0.05) is 0 Å². The summed E-state index contributed by atoms with van der Waals surface area (Å²) in [5.41, 5.74) is 6.01. The van der Waals surface area contributed by atoms with Crippen molar-refractivity contribution in [3.63, 3.8) is 0 Å². The molecule has 0 atom stereocenters. The van der Waals surface area contributed by atoms with Crippen LogP contribution in [0, 0.1) is 0 Å². The van der Waals surface area contributed by atoms with Gasteiger partial charge in [-0.05, 0) is 12.1 Å². The van der Waals surface area contributed by atoms with Crippen LogP contribution in [0.1, 0.15) is 1.43 Å². The molecule has 1 heterocycles. The molecule has 0 saturated carbocycles. The van der Waals surface area contributed by atoms with E-state index in [0.717, 1.165) is 0 Å². The summed E-state index contributed by atoms with van der Waals surface area (Å²) in [6.07, 6.45) is 3.30. The second-order valence-electron chi connectivity index (χ2n) is 1.29. The molecular formula is C5H7N2Na. The van der Waals surface area contributed by atoms with Crippen LogP contribution in [-0.2, 0) is 0 Å². The third kappa shape index (κ3) is 2.31. The molecule has 0 unspecified atom stereocenters. The van der Waals surface area contributed by atoms with E-state index in [2.05, 4.69) is 4.98 Å². The summed E-state index contributed by atoms with van der Waals surface area (Å²) in [5.74, 6) is 0. The molecule has 38 valence electrons. The van der Waals surface area contributed by atoms with E-state index >= 15 is 0 Å². The molecule has 8 heavy (non-hydrogen) atoms. The van der Waals surface area contributed by atoms with E-state index in [9.17, 15) is 0 Å². The van der Waals surface area contributed by atoms with Crippen LogP contribution in [0.25, 0.3) is 0 Å². The zero-order chi connectivity index (χ0) is 5.11. The van der Waals surface area contributed by atoms with Crippen molar-refractivity contribution >= 4 is 5.69 Å². The number of nitrogens with two attached hydrogens (primary N) is 1. The number of hydrogen-bond acceptors (Lipinski definition) is 2. The van der Waals surface area contributed by atoms with Gasteiger partial charge < -0.3 is 7.16 Å². The minimum absolute atomic E-state index is 0. The number of nitrogen functional groups attached to an aromatic ring is 1. The maximum atomic E-state index is 5.30. The minimum Gasteiger partial charge on any atom is -1.00 e. The standard InChI is InChI=1S/C5H6N2.Na.H/c6-5-2-1-3-7-4-5;;/h1-4H,6H2;;/q;+1;-1. The number of nitrogens with zero attached hydrogens (tertiary/aromatic N) is 1. The Morgan fingerprint density at radius 3 is 2.62 bits per heavy atom. The number of pyridine rings is 1. The Kier molecular flexibility index (Phi) is 3.87. The maximum Gasteiger partial charge on any atom is 1.00 e. The zero-order valence-corrected chi connectivity index (χ0v) is 6.83. The predicted octanol–water partition coefficient (Wildman–Crippen LogP) is -2.22. The van der Waals surface area contributed by atoms with Crippen molar-refractivity contribution < 1.29 is 31.0 Å². The van der Waals surface area contributed by atoms with Crippen molar-refractivity contribution in [2.75, 3.05) is 5.73 Å². The van der Waals surface area contributed by atoms with Crippen LogP contribution < -0.4 is 35.3 Å². The zero-order valence-electron chi connectivity index (χ0n) is 5.83. The van der Waals surface area contributed by atoms with Crippen LogP contribution in [-0.4, -0.2) is 4.98 Å². The van der Waals surface area contributed by atoms with Gasteiger partial charge >= 0.3 is 29.6 Å². The molecule has 0 aliphatic carbocycles. The topological polar surface area (TPSA) is 38.9 Å². The first-order valence-corrected chi connectivity index (χ1v) is 2.05. The Balaban J connectivity index is 0. The van der Waals surface area contributed by atoms with Gasteiger partial charge in [-0.15, -0.1) is 0 Å². The summed E-state index contributed by atoms with van der Waals surface area (Å²) < 4.78 is 0. The van der Waals surface area contributed by atoms with E-state index in [1.54, 1.807) is 24.5 Å². The summed E-state index contributed by atoms with van der Waals surface area (Å²) in [6.45, 7) is 0. The summed E-state index contributed by atoms with van der Waals surface area (Å²) >= 11 is 0. The number of anilines is 1. The van der Waals surface area contributed by atoms with Crippen molar-refractivity contribution in [3.8, 4) is 0 Å². The number of hydrogen-bond donors (Lipinski definition) is 1. The molecular weight excluding hydrogens is 111 g/mol. The van der Waals surface area contributed by atoms with Gasteiger partial charge in [0.05, 0.1) is 5.69 Å². The molecule has 0 spiro atoms. The summed E-state index contributed by atoms with van der Waals surface area (Å²) in [6, 6.07) is 3.60. The molecule has 1 aromatic rings. The molecule has 0 bridgehead atoms. The van der Waals surface area contributed by atoms with Crippen LogP contribution in [0.2, 0.25) is 0 Å². The first-order chi connectivity index (χ1) is 3.39. The van der Waals surface area contributed by atoms with Gasteiger partial charge in [0.1, 0.15) is 0 Å². The van der Waals surface area contributed by atoms with E-state index < -0.39 is 0 Å². The van der Waals surface area contributed by atoms with Crippen LogP contribution in [0.15, 0.2) is 24.5 Å². The minimum atomic E-state index is 0. The monoisotopic (exact) mass is 118 g/mol. The molecule has 1 rings (SSSR count). The summed E-state index contributed by atoms with van der Waals surface area (Å²) in [7, 11) is 0. The maximum absolute atomic E-state index is 5.30. The van der Waals surface area contributed by atoms with Gasteiger partial charge in [0, 0.05) is 12.4 Å². The fourth-order valence-corrected chi connectivity index (χ4v) is 0.376. The molecule has 0 amide bonds. The van der Waals surface area contributed by atoms with Crippen molar-refractivity contribution in [2.24, 2.45) is 0 Å². The Labute approximate surface area is 71.9 Å². The molecule has 0 fully saturated rings. The van der Waals surface area contributed by atoms with E-state index in [1.165, 1.54) is 0 Å². The molecule has 2 nitrogen and oxygen atoms in total. The Morgan fingerprint density at radius 2 is 2.38 bits per heavy atom. The van der Waals surface area contributed by atoms with Gasteiger partial charge in [0.25, 0.3) is 0 Å². The molecule has 0 aliphatic heterocycles. The average molecular weight is 118 g/mol. The number of rotatable bonds is 0. The van der Waals surface area contributed by atoms with Crippen molar-refractivity contribution in [1.82, 2.24) is 4.98 Å². The van der Waals surface area contributed by atoms with Gasteiger partial charge in [0.15, 0.2) is 0 Å². The van der Waals surface area contributed by atoms with Crippen LogP contribution in [0.3, 0.4) is 0 Å². The molecule has 2 N–H and O–H groups in total. The molecule has 0 radical (unpaired) electrons. The average Bonchev–Trinajstić information content (AvgIpc) is 1.69. The van der Waals surface area contributed by atoms with Gasteiger partial charge in [-0.25, -0.2) is 0 Å². The third-order valence-electron chi connectivity index (χ3n) is 0.684. The smallest absolute Gasteiger partial charge is 1.00 e. The van der Waals surface area contributed by atoms with Crippen LogP contribution in [0.4, 0.5) is 5.69 Å². The van der Waals surface area contributed by atoms with Crippen LogP contribution in [0.5, 0.6) is 0 Å². The van der Waals surface area contributed by atoms with Gasteiger partial charge in [-0.3, -0.25) is 4.98 Å². The van der Waals surface area contributed by atoms with Crippen molar-refractivity contribution in [2.45, 2.75) is 0 Å². The Morgan fingerprint density at radius 1 is 1.62 bits per heavy atom. The third-order valence-corrected chi connectivity index (χ3v) is 0.684. The van der Waals surface area contributed by atoms with Gasteiger partial charge in [0.2, 0.25) is 0 Å². The largest absolute Gasteiger partial charge is 1.00 e. The fourth-order valence-electron chi connectivity index (χ4n) is 0.376. The second-order valence-corrected chi connectivity index (χ2v) is 1.29. The quantitative estimate of drug-likeness (QED) is 0.392. The summed E-state index contributed by atoms with van der Waals surface area (Å²) in [4.78, 5) is 3.76. The van der Waals surface area contributed by atoms with Crippen LogP contribution >= 0.6 is 0 Å². The molecule has 0 aliphatic rings. The van der Waals surface area contributed by atoms with Crippen molar-refractivity contribution in [3.05, 3.63) is 24.5 Å². The van der Waals surface area contributed by atoms with Crippen molar-refractivity contribution in [1.29, 1.82) is 0 Å². The van der Waals surface area contributed by atoms with Gasteiger partial charge in [-0.2, -0.15) is 0 Å². The number of aromatic nitrogens is 1. The Hall–Kier alpha value is -0.0500.